The average molecular weight is 328 g/mol. The second-order valence-electron chi connectivity index (χ2n) is 6.52. The van der Waals surface area contributed by atoms with Crippen molar-refractivity contribution in [2.45, 2.75) is 31.4 Å². The van der Waals surface area contributed by atoms with Crippen LogP contribution in [0.2, 0.25) is 0 Å². The second kappa shape index (κ2) is 7.15. The van der Waals surface area contributed by atoms with E-state index in [9.17, 15) is 9.90 Å². The van der Waals surface area contributed by atoms with E-state index in [2.05, 4.69) is 15.3 Å². The average Bonchev–Trinajstić information content (AvgIpc) is 3.03. The van der Waals surface area contributed by atoms with Crippen molar-refractivity contribution in [3.63, 3.8) is 0 Å². The first-order valence-corrected chi connectivity index (χ1v) is 8.32. The number of nitrogens with zero attached hydrogens (tertiary/aromatic N) is 3. The van der Waals surface area contributed by atoms with Crippen molar-refractivity contribution in [2.75, 3.05) is 20.1 Å². The molecule has 0 saturated carbocycles. The molecule has 0 radical (unpaired) electrons. The van der Waals surface area contributed by atoms with E-state index in [-0.39, 0.29) is 12.3 Å². The molecule has 0 bridgehead atoms. The highest BCUT2D eigenvalue weighted by molar-refractivity contribution is 5.76. The van der Waals surface area contributed by atoms with Gasteiger partial charge in [-0.2, -0.15) is 5.10 Å². The zero-order valence-electron chi connectivity index (χ0n) is 14.0. The number of rotatable bonds is 5. The van der Waals surface area contributed by atoms with Gasteiger partial charge in [0, 0.05) is 31.9 Å². The third-order valence-electron chi connectivity index (χ3n) is 4.47. The van der Waals surface area contributed by atoms with Crippen LogP contribution in [0, 0.1) is 0 Å². The third kappa shape index (κ3) is 4.01. The van der Waals surface area contributed by atoms with Crippen LogP contribution in [0.1, 0.15) is 24.8 Å². The Labute approximate surface area is 142 Å². The lowest BCUT2D eigenvalue weighted by Crippen LogP contribution is -2.49. The Kier molecular flexibility index (Phi) is 4.97. The Morgan fingerprint density at radius 1 is 1.38 bits per heavy atom. The normalized spacial score (nSPS) is 21.6. The van der Waals surface area contributed by atoms with Gasteiger partial charge in [-0.1, -0.05) is 18.2 Å². The SMILES string of the molecule is CNC(=O)CC1(O)CCCN(Cc2cnn(-c3ccccc3)c2)C1. The number of benzene rings is 1. The molecule has 1 aliphatic heterocycles. The molecule has 1 saturated heterocycles. The second-order valence-corrected chi connectivity index (χ2v) is 6.52. The molecule has 6 nitrogen and oxygen atoms in total. The standard InChI is InChI=1S/C18H24N4O2/c1-19-17(23)10-18(24)8-5-9-21(14-18)12-15-11-20-22(13-15)16-6-3-2-4-7-16/h2-4,6-7,11,13,24H,5,8-10,12,14H2,1H3,(H,19,23). The molecule has 1 atom stereocenters. The lowest BCUT2D eigenvalue weighted by molar-refractivity contribution is -0.128. The number of piperidine rings is 1. The quantitative estimate of drug-likeness (QED) is 0.869. The molecule has 2 heterocycles. The van der Waals surface area contributed by atoms with Gasteiger partial charge < -0.3 is 10.4 Å². The van der Waals surface area contributed by atoms with Crippen molar-refractivity contribution < 1.29 is 9.90 Å². The van der Waals surface area contributed by atoms with Crippen molar-refractivity contribution in [2.24, 2.45) is 0 Å². The monoisotopic (exact) mass is 328 g/mol. The van der Waals surface area contributed by atoms with Crippen molar-refractivity contribution in [1.29, 1.82) is 0 Å². The van der Waals surface area contributed by atoms with Crippen molar-refractivity contribution in [3.8, 4) is 5.69 Å². The Balaban J connectivity index is 1.64. The third-order valence-corrected chi connectivity index (χ3v) is 4.47. The molecule has 1 unspecified atom stereocenters. The van der Waals surface area contributed by atoms with E-state index in [0.717, 1.165) is 30.8 Å². The number of nitrogens with one attached hydrogen (secondary N) is 1. The van der Waals surface area contributed by atoms with E-state index in [1.807, 2.05) is 47.4 Å². The molecule has 1 amide bonds. The fourth-order valence-electron chi connectivity index (χ4n) is 3.29. The van der Waals surface area contributed by atoms with Crippen molar-refractivity contribution >= 4 is 5.91 Å². The zero-order valence-corrected chi connectivity index (χ0v) is 14.0. The van der Waals surface area contributed by atoms with Crippen molar-refractivity contribution in [1.82, 2.24) is 20.0 Å². The number of aromatic nitrogens is 2. The molecule has 2 N–H and O–H groups in total. The highest BCUT2D eigenvalue weighted by Crippen LogP contribution is 2.25. The van der Waals surface area contributed by atoms with E-state index in [1.54, 1.807) is 7.05 Å². The Hall–Kier alpha value is -2.18. The van der Waals surface area contributed by atoms with Gasteiger partial charge in [0.25, 0.3) is 0 Å². The van der Waals surface area contributed by atoms with E-state index >= 15 is 0 Å². The molecule has 1 fully saturated rings. The summed E-state index contributed by atoms with van der Waals surface area (Å²) in [5, 5.41) is 17.7. The topological polar surface area (TPSA) is 70.4 Å². The zero-order chi connectivity index (χ0) is 17.0. The maximum absolute atomic E-state index is 11.6. The van der Waals surface area contributed by atoms with Gasteiger partial charge in [-0.3, -0.25) is 9.69 Å². The Morgan fingerprint density at radius 3 is 2.92 bits per heavy atom. The number of amides is 1. The molecule has 1 aromatic heterocycles. The number of aliphatic hydroxyl groups is 1. The van der Waals surface area contributed by atoms with Gasteiger partial charge in [-0.05, 0) is 31.5 Å². The summed E-state index contributed by atoms with van der Waals surface area (Å²) < 4.78 is 1.86. The van der Waals surface area contributed by atoms with E-state index in [4.69, 9.17) is 0 Å². The maximum atomic E-state index is 11.6. The smallest absolute Gasteiger partial charge is 0.222 e. The van der Waals surface area contributed by atoms with Gasteiger partial charge in [0.2, 0.25) is 5.91 Å². The number of likely N-dealkylation sites (tertiary alicyclic amines) is 1. The van der Waals surface area contributed by atoms with Gasteiger partial charge >= 0.3 is 0 Å². The summed E-state index contributed by atoms with van der Waals surface area (Å²) in [6.45, 7) is 2.16. The lowest BCUT2D eigenvalue weighted by Gasteiger charge is -2.38. The molecule has 6 heteroatoms. The summed E-state index contributed by atoms with van der Waals surface area (Å²) >= 11 is 0. The summed E-state index contributed by atoms with van der Waals surface area (Å²) in [6.07, 6.45) is 5.59. The summed E-state index contributed by atoms with van der Waals surface area (Å²) in [7, 11) is 1.60. The molecule has 128 valence electrons. The van der Waals surface area contributed by atoms with Gasteiger partial charge in [0.05, 0.1) is 23.9 Å². The van der Waals surface area contributed by atoms with Crippen LogP contribution in [0.3, 0.4) is 0 Å². The fourth-order valence-corrected chi connectivity index (χ4v) is 3.29. The fraction of sp³-hybridized carbons (Fsp3) is 0.444. The van der Waals surface area contributed by atoms with Crippen LogP contribution in [-0.2, 0) is 11.3 Å². The molecule has 0 aliphatic carbocycles. The van der Waals surface area contributed by atoms with Crippen LogP contribution in [-0.4, -0.2) is 51.4 Å². The first-order chi connectivity index (χ1) is 11.6. The first-order valence-electron chi connectivity index (χ1n) is 8.32. The van der Waals surface area contributed by atoms with Crippen LogP contribution in [0.25, 0.3) is 5.69 Å². The predicted molar refractivity (Wildman–Crippen MR) is 91.7 cm³/mol. The number of β-amino-alcohol motifs (C(OH)–C–C–N with tert-alkyl or cyclic N) is 1. The largest absolute Gasteiger partial charge is 0.388 e. The molecule has 3 rings (SSSR count). The minimum atomic E-state index is -0.937. The molecular formula is C18H24N4O2. The van der Waals surface area contributed by atoms with Crippen LogP contribution in [0.4, 0.5) is 0 Å². The molecular weight excluding hydrogens is 304 g/mol. The lowest BCUT2D eigenvalue weighted by atomic mass is 9.89. The van der Waals surface area contributed by atoms with E-state index in [0.29, 0.717) is 13.0 Å². The molecule has 24 heavy (non-hydrogen) atoms. The van der Waals surface area contributed by atoms with E-state index < -0.39 is 5.60 Å². The summed E-state index contributed by atoms with van der Waals surface area (Å²) in [5.41, 5.74) is 1.19. The Morgan fingerprint density at radius 2 is 2.17 bits per heavy atom. The summed E-state index contributed by atoms with van der Waals surface area (Å²) in [6, 6.07) is 9.98. The van der Waals surface area contributed by atoms with Gasteiger partial charge in [0.15, 0.2) is 0 Å². The minimum Gasteiger partial charge on any atom is -0.388 e. The minimum absolute atomic E-state index is 0.115. The van der Waals surface area contributed by atoms with Gasteiger partial charge in [-0.25, -0.2) is 4.68 Å². The van der Waals surface area contributed by atoms with E-state index in [1.165, 1.54) is 0 Å². The maximum Gasteiger partial charge on any atom is 0.222 e. The molecule has 2 aromatic rings. The molecule has 0 spiro atoms. The van der Waals surface area contributed by atoms with Crippen LogP contribution in [0.15, 0.2) is 42.7 Å². The molecule has 1 aromatic carbocycles. The van der Waals surface area contributed by atoms with Crippen molar-refractivity contribution in [3.05, 3.63) is 48.3 Å². The summed E-state index contributed by atoms with van der Waals surface area (Å²) in [4.78, 5) is 13.8. The number of hydrogen-bond acceptors (Lipinski definition) is 4. The highest BCUT2D eigenvalue weighted by atomic mass is 16.3. The van der Waals surface area contributed by atoms with Gasteiger partial charge in [-0.15, -0.1) is 0 Å². The highest BCUT2D eigenvalue weighted by Gasteiger charge is 2.35. The first kappa shape index (κ1) is 16.7. The van der Waals surface area contributed by atoms with Gasteiger partial charge in [0.1, 0.15) is 0 Å². The number of para-hydroxylation sites is 1. The van der Waals surface area contributed by atoms with Crippen LogP contribution >= 0.6 is 0 Å². The predicted octanol–water partition coefficient (Wildman–Crippen LogP) is 1.34. The molecule has 1 aliphatic rings. The summed E-state index contributed by atoms with van der Waals surface area (Å²) in [5.74, 6) is -0.115. The number of carbonyl (C=O) groups is 1. The van der Waals surface area contributed by atoms with Crippen LogP contribution < -0.4 is 5.32 Å². The number of hydrogen-bond donors (Lipinski definition) is 2. The number of carbonyl (C=O) groups excluding carboxylic acids is 1. The Bertz CT molecular complexity index is 685. The van der Waals surface area contributed by atoms with Crippen LogP contribution in [0.5, 0.6) is 0 Å².